The minimum absolute atomic E-state index is 0.210. The average molecular weight is 267 g/mol. The molecule has 1 aromatic heterocycles. The number of fused-ring (bicyclic) bond motifs is 1. The molecule has 0 fully saturated rings. The minimum Gasteiger partial charge on any atom is -0.388 e. The zero-order valence-corrected chi connectivity index (χ0v) is 12.8. The lowest BCUT2D eigenvalue weighted by Gasteiger charge is -2.34. The van der Waals surface area contributed by atoms with Gasteiger partial charge in [-0.15, -0.1) is 0 Å². The molecule has 0 saturated heterocycles. The van der Waals surface area contributed by atoms with Crippen LogP contribution in [-0.2, 0) is 6.42 Å². The summed E-state index contributed by atoms with van der Waals surface area (Å²) in [6.45, 7) is 6.79. The second kappa shape index (κ2) is 5.30. The molecule has 0 aromatic carbocycles. The Morgan fingerprint density at radius 2 is 2.28 bits per heavy atom. The number of nitrogens with zero attached hydrogens (tertiary/aromatic N) is 1. The molecule has 0 saturated carbocycles. The standard InChI is InChI=1S/C15H25NOS/c1-11(6-8-18-4)16-7-5-12-13(16)9-15(2,3)10-14(12)17/h5,7,11,14,17H,6,8-10H2,1-4H3. The minimum atomic E-state index is -0.280. The topological polar surface area (TPSA) is 25.2 Å². The van der Waals surface area contributed by atoms with E-state index in [9.17, 15) is 5.11 Å². The van der Waals surface area contributed by atoms with Gasteiger partial charge in [0.15, 0.2) is 0 Å². The Morgan fingerprint density at radius 3 is 2.94 bits per heavy atom. The van der Waals surface area contributed by atoms with Crippen LogP contribution < -0.4 is 0 Å². The van der Waals surface area contributed by atoms with Crippen molar-refractivity contribution < 1.29 is 5.11 Å². The zero-order chi connectivity index (χ0) is 13.3. The summed E-state index contributed by atoms with van der Waals surface area (Å²) in [5.41, 5.74) is 2.72. The smallest absolute Gasteiger partial charge is 0.0812 e. The van der Waals surface area contributed by atoms with Gasteiger partial charge in [0.2, 0.25) is 0 Å². The van der Waals surface area contributed by atoms with E-state index in [-0.39, 0.29) is 11.5 Å². The summed E-state index contributed by atoms with van der Waals surface area (Å²) in [5, 5.41) is 10.3. The van der Waals surface area contributed by atoms with E-state index >= 15 is 0 Å². The van der Waals surface area contributed by atoms with Crippen molar-refractivity contribution >= 4 is 11.8 Å². The summed E-state index contributed by atoms with van der Waals surface area (Å²) >= 11 is 1.90. The molecule has 0 spiro atoms. The van der Waals surface area contributed by atoms with Crippen molar-refractivity contribution in [2.24, 2.45) is 5.41 Å². The first kappa shape index (κ1) is 14.0. The number of aromatic nitrogens is 1. The highest BCUT2D eigenvalue weighted by Gasteiger charge is 2.33. The number of hydrogen-bond donors (Lipinski definition) is 1. The van der Waals surface area contributed by atoms with E-state index in [1.165, 1.54) is 17.9 Å². The Labute approximate surface area is 115 Å². The SMILES string of the molecule is CSCCC(C)n1ccc2c1CC(C)(C)CC2O. The molecule has 102 valence electrons. The van der Waals surface area contributed by atoms with Crippen LogP contribution in [0.1, 0.15) is 57.0 Å². The van der Waals surface area contributed by atoms with Gasteiger partial charge >= 0.3 is 0 Å². The van der Waals surface area contributed by atoms with Crippen LogP contribution in [0.25, 0.3) is 0 Å². The van der Waals surface area contributed by atoms with E-state index in [4.69, 9.17) is 0 Å². The van der Waals surface area contributed by atoms with Crippen molar-refractivity contribution in [3.63, 3.8) is 0 Å². The zero-order valence-electron chi connectivity index (χ0n) is 11.9. The first-order chi connectivity index (χ1) is 8.44. The quantitative estimate of drug-likeness (QED) is 0.897. The van der Waals surface area contributed by atoms with E-state index in [1.807, 2.05) is 11.8 Å². The highest BCUT2D eigenvalue weighted by atomic mass is 32.2. The predicted molar refractivity (Wildman–Crippen MR) is 79.2 cm³/mol. The van der Waals surface area contributed by atoms with Gasteiger partial charge in [-0.2, -0.15) is 11.8 Å². The van der Waals surface area contributed by atoms with Gasteiger partial charge in [-0.3, -0.25) is 0 Å². The summed E-state index contributed by atoms with van der Waals surface area (Å²) in [6, 6.07) is 2.65. The van der Waals surface area contributed by atoms with E-state index < -0.39 is 0 Å². The molecule has 0 aliphatic heterocycles. The third-order valence-corrected chi connectivity index (χ3v) is 4.67. The lowest BCUT2D eigenvalue weighted by atomic mass is 9.75. The van der Waals surface area contributed by atoms with Crippen LogP contribution in [-0.4, -0.2) is 21.7 Å². The fraction of sp³-hybridized carbons (Fsp3) is 0.733. The molecule has 2 atom stereocenters. The molecule has 0 amide bonds. The van der Waals surface area contributed by atoms with Crippen LogP contribution in [0, 0.1) is 5.41 Å². The molecule has 0 radical (unpaired) electrons. The van der Waals surface area contributed by atoms with Gasteiger partial charge in [0.05, 0.1) is 6.10 Å². The van der Waals surface area contributed by atoms with Crippen LogP contribution in [0.3, 0.4) is 0 Å². The average Bonchev–Trinajstić information content (AvgIpc) is 2.68. The largest absolute Gasteiger partial charge is 0.388 e. The molecule has 2 rings (SSSR count). The lowest BCUT2D eigenvalue weighted by molar-refractivity contribution is 0.0975. The Kier molecular flexibility index (Phi) is 4.12. The summed E-state index contributed by atoms with van der Waals surface area (Å²) in [7, 11) is 0. The number of hydrogen-bond acceptors (Lipinski definition) is 2. The highest BCUT2D eigenvalue weighted by molar-refractivity contribution is 7.98. The predicted octanol–water partition coefficient (Wildman–Crippen LogP) is 3.81. The van der Waals surface area contributed by atoms with Crippen molar-refractivity contribution in [2.75, 3.05) is 12.0 Å². The Morgan fingerprint density at radius 1 is 1.56 bits per heavy atom. The summed E-state index contributed by atoms with van der Waals surface area (Å²) in [5.74, 6) is 1.19. The third-order valence-electron chi connectivity index (χ3n) is 4.03. The fourth-order valence-electron chi connectivity index (χ4n) is 2.99. The Hall–Kier alpha value is -0.410. The molecule has 3 heteroatoms. The van der Waals surface area contributed by atoms with Crippen molar-refractivity contribution in [1.82, 2.24) is 4.57 Å². The van der Waals surface area contributed by atoms with E-state index in [2.05, 4.69) is 43.9 Å². The van der Waals surface area contributed by atoms with Crippen molar-refractivity contribution in [2.45, 2.75) is 52.2 Å². The summed E-state index contributed by atoms with van der Waals surface area (Å²) in [6.07, 6.45) is 7.20. The van der Waals surface area contributed by atoms with E-state index in [0.717, 1.165) is 18.4 Å². The first-order valence-electron chi connectivity index (χ1n) is 6.81. The molecule has 2 unspecified atom stereocenters. The molecule has 1 aliphatic carbocycles. The second-order valence-corrected chi connectivity index (χ2v) is 7.30. The summed E-state index contributed by atoms with van der Waals surface area (Å²) in [4.78, 5) is 0. The maximum atomic E-state index is 10.3. The van der Waals surface area contributed by atoms with E-state index in [0.29, 0.717) is 6.04 Å². The van der Waals surface area contributed by atoms with Crippen LogP contribution >= 0.6 is 11.8 Å². The van der Waals surface area contributed by atoms with Crippen LogP contribution in [0.5, 0.6) is 0 Å². The van der Waals surface area contributed by atoms with Crippen LogP contribution in [0.2, 0.25) is 0 Å². The van der Waals surface area contributed by atoms with Crippen LogP contribution in [0.4, 0.5) is 0 Å². The van der Waals surface area contributed by atoms with Gasteiger partial charge < -0.3 is 9.67 Å². The van der Waals surface area contributed by atoms with Crippen LogP contribution in [0.15, 0.2) is 12.3 Å². The van der Waals surface area contributed by atoms with Gasteiger partial charge in [-0.25, -0.2) is 0 Å². The Bertz CT molecular complexity index is 411. The van der Waals surface area contributed by atoms with Gasteiger partial charge in [0, 0.05) is 23.5 Å². The molecule has 1 heterocycles. The molecular formula is C15H25NOS. The molecule has 1 N–H and O–H groups in total. The third kappa shape index (κ3) is 2.77. The van der Waals surface area contributed by atoms with Gasteiger partial charge in [0.1, 0.15) is 0 Å². The summed E-state index contributed by atoms with van der Waals surface area (Å²) < 4.78 is 2.38. The monoisotopic (exact) mass is 267 g/mol. The maximum Gasteiger partial charge on any atom is 0.0812 e. The lowest BCUT2D eigenvalue weighted by Crippen LogP contribution is -2.27. The van der Waals surface area contributed by atoms with E-state index in [1.54, 1.807) is 0 Å². The maximum absolute atomic E-state index is 10.3. The molecule has 18 heavy (non-hydrogen) atoms. The fourth-order valence-corrected chi connectivity index (χ4v) is 3.57. The number of rotatable bonds is 4. The first-order valence-corrected chi connectivity index (χ1v) is 8.20. The number of aliphatic hydroxyl groups excluding tert-OH is 1. The number of thioether (sulfide) groups is 1. The highest BCUT2D eigenvalue weighted by Crippen LogP contribution is 2.42. The Balaban J connectivity index is 2.25. The molecule has 1 aromatic rings. The second-order valence-electron chi connectivity index (χ2n) is 6.32. The van der Waals surface area contributed by atoms with Gasteiger partial charge in [-0.1, -0.05) is 13.8 Å². The van der Waals surface area contributed by atoms with Gasteiger partial charge in [-0.05, 0) is 49.7 Å². The molecule has 2 nitrogen and oxygen atoms in total. The number of aliphatic hydroxyl groups is 1. The molecule has 1 aliphatic rings. The normalized spacial score (nSPS) is 23.7. The molecule has 0 bridgehead atoms. The molecular weight excluding hydrogens is 242 g/mol. The van der Waals surface area contributed by atoms with Crippen molar-refractivity contribution in [1.29, 1.82) is 0 Å². The van der Waals surface area contributed by atoms with Crippen molar-refractivity contribution in [3.05, 3.63) is 23.5 Å². The van der Waals surface area contributed by atoms with Gasteiger partial charge in [0.25, 0.3) is 0 Å². The van der Waals surface area contributed by atoms with Crippen molar-refractivity contribution in [3.8, 4) is 0 Å².